The second kappa shape index (κ2) is 14.9. The smallest absolute Gasteiger partial charge is 0.481 e. The van der Waals surface area contributed by atoms with Gasteiger partial charge >= 0.3 is 18.2 Å². The van der Waals surface area contributed by atoms with E-state index in [1.54, 1.807) is 65.8 Å². The first-order valence-corrected chi connectivity index (χ1v) is 13.9. The predicted molar refractivity (Wildman–Crippen MR) is 159 cm³/mol. The van der Waals surface area contributed by atoms with Gasteiger partial charge in [-0.3, -0.25) is 4.79 Å². The Kier molecular flexibility index (Phi) is 12.2. The number of nitrogens with zero attached hydrogens (tertiary/aromatic N) is 3. The van der Waals surface area contributed by atoms with Crippen LogP contribution in [0.1, 0.15) is 59.9 Å². The molecule has 0 fully saturated rings. The molecule has 2 aromatic carbocycles. The molecule has 43 heavy (non-hydrogen) atoms. The predicted octanol–water partition coefficient (Wildman–Crippen LogP) is 7.70. The van der Waals surface area contributed by atoms with Gasteiger partial charge in [-0.05, 0) is 95.7 Å². The molecule has 0 radical (unpaired) electrons. The number of nitrogens with one attached hydrogen (secondary N) is 1. The van der Waals surface area contributed by atoms with Crippen LogP contribution in [0.4, 0.5) is 14.0 Å². The van der Waals surface area contributed by atoms with E-state index in [0.717, 1.165) is 0 Å². The number of alkyl carbamates (subject to hydrolysis) is 1. The number of aliphatic carboxylic acids is 1. The number of carbonyl (C=O) groups excluding carboxylic acids is 2. The first-order chi connectivity index (χ1) is 19.9. The molecule has 2 N–H and O–H groups in total. The molecule has 0 bridgehead atoms. The molecule has 13 heteroatoms. The van der Waals surface area contributed by atoms with Gasteiger partial charge in [0.25, 0.3) is 0 Å². The van der Waals surface area contributed by atoms with Crippen molar-refractivity contribution in [2.24, 2.45) is 10.5 Å². The number of ether oxygens (including phenoxy) is 3. The minimum atomic E-state index is -1.77. The topological polar surface area (TPSA) is 160 Å². The molecule has 0 spiro atoms. The van der Waals surface area contributed by atoms with E-state index in [0.29, 0.717) is 21.7 Å². The van der Waals surface area contributed by atoms with Gasteiger partial charge in [-0.2, -0.15) is 0 Å². The van der Waals surface area contributed by atoms with Crippen LogP contribution in [0.5, 0.6) is 0 Å². The van der Waals surface area contributed by atoms with E-state index < -0.39 is 53.3 Å². The van der Waals surface area contributed by atoms with Crippen LogP contribution in [0.2, 0.25) is 5.02 Å². The Morgan fingerprint density at radius 2 is 1.67 bits per heavy atom. The van der Waals surface area contributed by atoms with E-state index in [9.17, 15) is 23.9 Å². The first-order valence-electron chi connectivity index (χ1n) is 13.6. The maximum atomic E-state index is 14.4. The Labute approximate surface area is 255 Å². The molecule has 0 heterocycles. The lowest BCUT2D eigenvalue weighted by molar-refractivity contribution is -0.154. The number of hydrogen-bond donors (Lipinski definition) is 2. The van der Waals surface area contributed by atoms with Gasteiger partial charge in [-0.15, -0.1) is 0 Å². The Bertz CT molecular complexity index is 1340. The number of carboxylic acid groups (broad SMARTS) is 1. The van der Waals surface area contributed by atoms with E-state index >= 15 is 0 Å². The quantitative estimate of drug-likeness (QED) is 0.106. The van der Waals surface area contributed by atoms with Crippen molar-refractivity contribution in [1.82, 2.24) is 5.32 Å². The average molecular weight is 621 g/mol. The van der Waals surface area contributed by atoms with Crippen LogP contribution < -0.4 is 5.32 Å². The second-order valence-corrected chi connectivity index (χ2v) is 12.6. The van der Waals surface area contributed by atoms with Gasteiger partial charge in [0.05, 0.1) is 0 Å². The molecule has 11 nitrogen and oxygen atoms in total. The van der Waals surface area contributed by atoms with Crippen LogP contribution >= 0.6 is 11.6 Å². The summed E-state index contributed by atoms with van der Waals surface area (Å²) in [5.41, 5.74) is 6.88. The molecule has 0 saturated heterocycles. The lowest BCUT2D eigenvalue weighted by Crippen LogP contribution is -2.47. The standard InChI is InChI=1S/C30H38ClFN4O7/c1-28(2,3)42-26(39)35-22(15-19-7-9-20(10-8-19)23-16-21(31)11-12-24(23)32)17-30(25(37)38,13-14-34-36-33)18-41-27(40)43-29(4,5)6/h7-12,16,22H,13-15,17-18H2,1-6H3,(H,35,39)(H,37,38)/t22-,30?/m1/s1. The Morgan fingerprint density at radius 3 is 2.23 bits per heavy atom. The normalized spacial score (nSPS) is 13.6. The van der Waals surface area contributed by atoms with Crippen LogP contribution in [0, 0.1) is 11.2 Å². The van der Waals surface area contributed by atoms with Crippen LogP contribution in [-0.4, -0.2) is 53.7 Å². The molecule has 2 aromatic rings. The Hall–Kier alpha value is -4.02. The van der Waals surface area contributed by atoms with Crippen molar-refractivity contribution in [3.8, 4) is 11.1 Å². The van der Waals surface area contributed by atoms with Crippen molar-refractivity contribution in [1.29, 1.82) is 0 Å². The second-order valence-electron chi connectivity index (χ2n) is 12.1. The number of amides is 1. The molecular weight excluding hydrogens is 583 g/mol. The number of carbonyl (C=O) groups is 3. The molecule has 0 aliphatic heterocycles. The Balaban J connectivity index is 2.42. The number of halogens is 2. The fourth-order valence-electron chi connectivity index (χ4n) is 4.22. The van der Waals surface area contributed by atoms with Crippen molar-refractivity contribution in [2.75, 3.05) is 13.2 Å². The minimum Gasteiger partial charge on any atom is -0.481 e. The number of hydrogen-bond acceptors (Lipinski definition) is 7. The summed E-state index contributed by atoms with van der Waals surface area (Å²) < 4.78 is 30.2. The molecule has 1 unspecified atom stereocenters. The van der Waals surface area contributed by atoms with Crippen molar-refractivity contribution in [3.63, 3.8) is 0 Å². The first kappa shape index (κ1) is 35.2. The molecule has 0 aliphatic carbocycles. The molecular formula is C30H38ClFN4O7. The zero-order valence-corrected chi connectivity index (χ0v) is 25.9. The van der Waals surface area contributed by atoms with Gasteiger partial charge in [-0.1, -0.05) is 41.0 Å². The van der Waals surface area contributed by atoms with Gasteiger partial charge in [-0.25, -0.2) is 14.0 Å². The fourth-order valence-corrected chi connectivity index (χ4v) is 4.39. The highest BCUT2D eigenvalue weighted by Crippen LogP contribution is 2.32. The number of carboxylic acids is 1. The van der Waals surface area contributed by atoms with Gasteiger partial charge in [0, 0.05) is 28.1 Å². The average Bonchev–Trinajstić information content (AvgIpc) is 2.87. The van der Waals surface area contributed by atoms with Gasteiger partial charge in [0.1, 0.15) is 29.0 Å². The van der Waals surface area contributed by atoms with Gasteiger partial charge in [0.2, 0.25) is 0 Å². The monoisotopic (exact) mass is 620 g/mol. The number of benzene rings is 2. The van der Waals surface area contributed by atoms with Crippen molar-refractivity contribution < 1.29 is 38.1 Å². The summed E-state index contributed by atoms with van der Waals surface area (Å²) in [4.78, 5) is 40.5. The third-order valence-electron chi connectivity index (χ3n) is 6.10. The fraction of sp³-hybridized carbons (Fsp3) is 0.500. The summed E-state index contributed by atoms with van der Waals surface area (Å²) in [5, 5.41) is 16.9. The molecule has 0 aromatic heterocycles. The zero-order chi connectivity index (χ0) is 32.4. The lowest BCUT2D eigenvalue weighted by atomic mass is 9.78. The molecule has 2 atom stereocenters. The maximum absolute atomic E-state index is 14.4. The largest absolute Gasteiger partial charge is 0.508 e. The highest BCUT2D eigenvalue weighted by atomic mass is 35.5. The SMILES string of the molecule is CC(C)(C)OC(=O)N[C@H](Cc1ccc(-c2cc(Cl)ccc2F)cc1)CC(CCN=[N+]=[N-])(COC(=O)OC(C)(C)C)C(=O)O. The van der Waals surface area contributed by atoms with Crippen LogP contribution in [-0.2, 0) is 25.4 Å². The molecule has 0 saturated carbocycles. The molecule has 0 aliphatic rings. The van der Waals surface area contributed by atoms with E-state index in [1.165, 1.54) is 18.2 Å². The zero-order valence-electron chi connectivity index (χ0n) is 25.1. The lowest BCUT2D eigenvalue weighted by Gasteiger charge is -2.33. The summed E-state index contributed by atoms with van der Waals surface area (Å²) in [6, 6.07) is 10.2. The van der Waals surface area contributed by atoms with Crippen molar-refractivity contribution >= 4 is 29.8 Å². The van der Waals surface area contributed by atoms with Crippen molar-refractivity contribution in [3.05, 3.63) is 69.3 Å². The van der Waals surface area contributed by atoms with E-state index in [4.69, 9.17) is 31.3 Å². The van der Waals surface area contributed by atoms with E-state index in [1.807, 2.05) is 0 Å². The summed E-state index contributed by atoms with van der Waals surface area (Å²) >= 11 is 6.04. The van der Waals surface area contributed by atoms with Crippen LogP contribution in [0.25, 0.3) is 21.6 Å². The van der Waals surface area contributed by atoms with Gasteiger partial charge < -0.3 is 24.6 Å². The van der Waals surface area contributed by atoms with Crippen LogP contribution in [0.3, 0.4) is 0 Å². The van der Waals surface area contributed by atoms with Crippen LogP contribution in [0.15, 0.2) is 47.6 Å². The maximum Gasteiger partial charge on any atom is 0.508 e. The molecule has 1 amide bonds. The summed E-state index contributed by atoms with van der Waals surface area (Å²) in [6.45, 7) is 9.13. The highest BCUT2D eigenvalue weighted by molar-refractivity contribution is 6.30. The number of rotatable bonds is 12. The third-order valence-corrected chi connectivity index (χ3v) is 6.33. The minimum absolute atomic E-state index is 0.139. The molecule has 2 rings (SSSR count). The van der Waals surface area contributed by atoms with E-state index in [-0.39, 0.29) is 25.8 Å². The highest BCUT2D eigenvalue weighted by Gasteiger charge is 2.43. The number of azide groups is 1. The summed E-state index contributed by atoms with van der Waals surface area (Å²) in [5.74, 6) is -1.77. The summed E-state index contributed by atoms with van der Waals surface area (Å²) in [7, 11) is 0. The summed E-state index contributed by atoms with van der Waals surface area (Å²) in [6.07, 6.45) is -2.13. The van der Waals surface area contributed by atoms with Gasteiger partial charge in [0.15, 0.2) is 0 Å². The molecule has 234 valence electrons. The van der Waals surface area contributed by atoms with E-state index in [2.05, 4.69) is 15.3 Å². The van der Waals surface area contributed by atoms with Crippen molar-refractivity contribution in [2.45, 2.75) is 78.0 Å². The Morgan fingerprint density at radius 1 is 1.05 bits per heavy atom. The third kappa shape index (κ3) is 12.0.